The minimum atomic E-state index is -0.616. The van der Waals surface area contributed by atoms with E-state index in [9.17, 15) is 9.59 Å². The van der Waals surface area contributed by atoms with E-state index in [-0.39, 0.29) is 5.69 Å². The first-order valence-electron chi connectivity index (χ1n) is 4.53. The number of anilines is 1. The molecule has 0 unspecified atom stereocenters. The second-order valence-electron chi connectivity index (χ2n) is 3.23. The van der Waals surface area contributed by atoms with Gasteiger partial charge in [-0.3, -0.25) is 0 Å². The largest absolute Gasteiger partial charge is 0.465 e. The van der Waals surface area contributed by atoms with E-state index in [0.29, 0.717) is 16.5 Å². The third-order valence-corrected chi connectivity index (χ3v) is 2.18. The van der Waals surface area contributed by atoms with E-state index < -0.39 is 11.6 Å². The van der Waals surface area contributed by atoms with Crippen LogP contribution >= 0.6 is 0 Å². The van der Waals surface area contributed by atoms with Crippen LogP contribution < -0.4 is 11.4 Å². The predicted molar refractivity (Wildman–Crippen MR) is 58.2 cm³/mol. The van der Waals surface area contributed by atoms with Gasteiger partial charge in [-0.05, 0) is 18.2 Å². The fourth-order valence-corrected chi connectivity index (χ4v) is 1.37. The Bertz CT molecular complexity index is 615. The lowest BCUT2D eigenvalue weighted by atomic mass is 10.1. The van der Waals surface area contributed by atoms with Gasteiger partial charge in [-0.2, -0.15) is 0 Å². The van der Waals surface area contributed by atoms with E-state index in [4.69, 9.17) is 10.2 Å². The number of carbonyl (C=O) groups excluding carboxylic acids is 1. The highest BCUT2D eigenvalue weighted by Gasteiger charge is 2.08. The average Bonchev–Trinajstić information content (AvgIpc) is 2.29. The highest BCUT2D eigenvalue weighted by molar-refractivity contribution is 5.94. The highest BCUT2D eigenvalue weighted by Crippen LogP contribution is 2.16. The van der Waals surface area contributed by atoms with E-state index in [2.05, 4.69) is 4.74 Å². The van der Waals surface area contributed by atoms with Gasteiger partial charge in [0.25, 0.3) is 0 Å². The molecule has 2 aromatic rings. The number of methoxy groups -OCH3 is 1. The first-order chi connectivity index (χ1) is 7.61. The molecule has 0 radical (unpaired) electrons. The summed E-state index contributed by atoms with van der Waals surface area (Å²) in [6.07, 6.45) is 0. The summed E-state index contributed by atoms with van der Waals surface area (Å²) in [6, 6.07) is 6.17. The normalized spacial score (nSPS) is 10.3. The first-order valence-corrected chi connectivity index (χ1v) is 4.53. The Balaban J connectivity index is 2.67. The summed E-state index contributed by atoms with van der Waals surface area (Å²) in [4.78, 5) is 22.4. The molecule has 0 aliphatic rings. The van der Waals surface area contributed by atoms with Crippen molar-refractivity contribution < 1.29 is 13.9 Å². The molecule has 16 heavy (non-hydrogen) atoms. The maximum atomic E-state index is 11.2. The number of nitrogen functional groups attached to an aromatic ring is 1. The number of rotatable bonds is 1. The van der Waals surface area contributed by atoms with E-state index in [1.807, 2.05) is 0 Å². The van der Waals surface area contributed by atoms with Gasteiger partial charge in [0, 0.05) is 5.39 Å². The molecule has 0 atom stereocenters. The molecule has 82 valence electrons. The van der Waals surface area contributed by atoms with Crippen LogP contribution in [0.2, 0.25) is 0 Å². The van der Waals surface area contributed by atoms with Crippen LogP contribution in [0.5, 0.6) is 0 Å². The maximum absolute atomic E-state index is 11.2. The Kier molecular flexibility index (Phi) is 2.36. The van der Waals surface area contributed by atoms with Gasteiger partial charge in [0.2, 0.25) is 0 Å². The molecule has 2 rings (SSSR count). The molecule has 0 amide bonds. The number of carbonyl (C=O) groups is 1. The smallest absolute Gasteiger partial charge is 0.359 e. The van der Waals surface area contributed by atoms with E-state index in [0.717, 1.165) is 0 Å². The average molecular weight is 219 g/mol. The summed E-state index contributed by atoms with van der Waals surface area (Å²) in [5, 5.41) is 0.657. The summed E-state index contributed by atoms with van der Waals surface area (Å²) in [5.74, 6) is -0.485. The van der Waals surface area contributed by atoms with Crippen LogP contribution in [0.15, 0.2) is 33.5 Å². The lowest BCUT2D eigenvalue weighted by molar-refractivity contribution is 0.0601. The monoisotopic (exact) mass is 219 g/mol. The molecule has 1 heterocycles. The Labute approximate surface area is 90.4 Å². The molecule has 0 aliphatic heterocycles. The SMILES string of the molecule is COC(=O)c1ccc2cc(N)c(=O)oc2c1. The fourth-order valence-electron chi connectivity index (χ4n) is 1.37. The van der Waals surface area contributed by atoms with Crippen LogP contribution in [-0.2, 0) is 4.74 Å². The van der Waals surface area contributed by atoms with Crippen LogP contribution in [0.25, 0.3) is 11.0 Å². The van der Waals surface area contributed by atoms with E-state index >= 15 is 0 Å². The van der Waals surface area contributed by atoms with Gasteiger partial charge >= 0.3 is 11.6 Å². The Morgan fingerprint density at radius 2 is 2.12 bits per heavy atom. The molecule has 5 nitrogen and oxygen atoms in total. The van der Waals surface area contributed by atoms with Gasteiger partial charge in [0.05, 0.1) is 12.7 Å². The Morgan fingerprint density at radius 3 is 2.81 bits per heavy atom. The second-order valence-corrected chi connectivity index (χ2v) is 3.23. The summed E-state index contributed by atoms with van der Waals surface area (Å²) in [5.41, 5.74) is 5.47. The summed E-state index contributed by atoms with van der Waals surface area (Å²) in [7, 11) is 1.28. The Hall–Kier alpha value is -2.30. The van der Waals surface area contributed by atoms with Crippen LogP contribution in [0, 0.1) is 0 Å². The maximum Gasteiger partial charge on any atom is 0.359 e. The van der Waals surface area contributed by atoms with E-state index in [1.54, 1.807) is 12.1 Å². The van der Waals surface area contributed by atoms with Crippen molar-refractivity contribution in [3.63, 3.8) is 0 Å². The molecule has 1 aromatic heterocycles. The van der Waals surface area contributed by atoms with Crippen molar-refractivity contribution in [3.05, 3.63) is 40.2 Å². The van der Waals surface area contributed by atoms with Crippen LogP contribution in [0.1, 0.15) is 10.4 Å². The fraction of sp³-hybridized carbons (Fsp3) is 0.0909. The second kappa shape index (κ2) is 3.69. The van der Waals surface area contributed by atoms with Crippen molar-refractivity contribution in [3.8, 4) is 0 Å². The van der Waals surface area contributed by atoms with Crippen LogP contribution in [-0.4, -0.2) is 13.1 Å². The quantitative estimate of drug-likeness (QED) is 0.574. The minimum Gasteiger partial charge on any atom is -0.465 e. The van der Waals surface area contributed by atoms with Crippen molar-refractivity contribution in [1.82, 2.24) is 0 Å². The first kappa shape index (κ1) is 10.2. The number of esters is 1. The van der Waals surface area contributed by atoms with Gasteiger partial charge in [0.15, 0.2) is 0 Å². The van der Waals surface area contributed by atoms with Gasteiger partial charge in [-0.1, -0.05) is 6.07 Å². The third-order valence-electron chi connectivity index (χ3n) is 2.18. The number of hydrogen-bond donors (Lipinski definition) is 1. The molecule has 0 bridgehead atoms. The lowest BCUT2D eigenvalue weighted by Crippen LogP contribution is -2.06. The molecule has 1 aromatic carbocycles. The zero-order valence-electron chi connectivity index (χ0n) is 8.52. The zero-order valence-corrected chi connectivity index (χ0v) is 8.52. The van der Waals surface area contributed by atoms with Crippen molar-refractivity contribution in [1.29, 1.82) is 0 Å². The summed E-state index contributed by atoms with van der Waals surface area (Å²) in [6.45, 7) is 0. The summed E-state index contributed by atoms with van der Waals surface area (Å²) < 4.78 is 9.50. The van der Waals surface area contributed by atoms with Crippen molar-refractivity contribution in [2.75, 3.05) is 12.8 Å². The van der Waals surface area contributed by atoms with Crippen LogP contribution in [0.3, 0.4) is 0 Å². The summed E-state index contributed by atoms with van der Waals surface area (Å²) >= 11 is 0. The number of fused-ring (bicyclic) bond motifs is 1. The highest BCUT2D eigenvalue weighted by atomic mass is 16.5. The predicted octanol–water partition coefficient (Wildman–Crippen LogP) is 1.16. The molecule has 0 spiro atoms. The lowest BCUT2D eigenvalue weighted by Gasteiger charge is -2.01. The van der Waals surface area contributed by atoms with Crippen molar-refractivity contribution >= 4 is 22.6 Å². The standard InChI is InChI=1S/C11H9NO4/c1-15-10(13)7-3-2-6-4-8(12)11(14)16-9(6)5-7/h2-5H,12H2,1H3. The molecule has 2 N–H and O–H groups in total. The van der Waals surface area contributed by atoms with Gasteiger partial charge in [-0.25, -0.2) is 9.59 Å². The van der Waals surface area contributed by atoms with Gasteiger partial charge in [0.1, 0.15) is 11.3 Å². The molecule has 0 saturated heterocycles. The third kappa shape index (κ3) is 1.63. The molecule has 0 aliphatic carbocycles. The van der Waals surface area contributed by atoms with Gasteiger partial charge in [-0.15, -0.1) is 0 Å². The van der Waals surface area contributed by atoms with Crippen molar-refractivity contribution in [2.24, 2.45) is 0 Å². The zero-order chi connectivity index (χ0) is 11.7. The van der Waals surface area contributed by atoms with E-state index in [1.165, 1.54) is 19.2 Å². The van der Waals surface area contributed by atoms with Gasteiger partial charge < -0.3 is 14.9 Å². The molecular weight excluding hydrogens is 210 g/mol. The number of ether oxygens (including phenoxy) is 1. The van der Waals surface area contributed by atoms with Crippen molar-refractivity contribution in [2.45, 2.75) is 0 Å². The Morgan fingerprint density at radius 1 is 1.38 bits per heavy atom. The molecular formula is C11H9NO4. The number of nitrogens with two attached hydrogens (primary N) is 1. The molecule has 5 heteroatoms. The molecule has 0 fully saturated rings. The number of hydrogen-bond acceptors (Lipinski definition) is 5. The molecule has 0 saturated carbocycles. The number of benzene rings is 1. The topological polar surface area (TPSA) is 82.5 Å². The van der Waals surface area contributed by atoms with Crippen LogP contribution in [0.4, 0.5) is 5.69 Å². The minimum absolute atomic E-state index is 0.0401.